The minimum atomic E-state index is -4.44. The van der Waals surface area contributed by atoms with Crippen molar-refractivity contribution in [1.29, 1.82) is 0 Å². The number of hydrogen-bond acceptors (Lipinski definition) is 7. The van der Waals surface area contributed by atoms with Crippen LogP contribution < -0.4 is 5.32 Å². The fraction of sp³-hybridized carbons (Fsp3) is 0.227. The molecule has 10 nitrogen and oxygen atoms in total. The highest BCUT2D eigenvalue weighted by Crippen LogP contribution is 2.19. The molecular formula is C22H20FN3O7S. The second kappa shape index (κ2) is 9.51. The van der Waals surface area contributed by atoms with Gasteiger partial charge in [0, 0.05) is 26.2 Å². The Morgan fingerprint density at radius 1 is 0.853 bits per heavy atom. The van der Waals surface area contributed by atoms with Crippen LogP contribution in [-0.2, 0) is 14.6 Å². The van der Waals surface area contributed by atoms with E-state index in [9.17, 15) is 27.2 Å². The van der Waals surface area contributed by atoms with Gasteiger partial charge in [-0.15, -0.1) is 0 Å². The van der Waals surface area contributed by atoms with Crippen LogP contribution in [0.2, 0.25) is 0 Å². The number of nitrogens with one attached hydrogen (secondary N) is 1. The lowest BCUT2D eigenvalue weighted by Gasteiger charge is -2.36. The lowest BCUT2D eigenvalue weighted by molar-refractivity contribution is -0.132. The molecule has 3 heterocycles. The van der Waals surface area contributed by atoms with Gasteiger partial charge in [-0.05, 0) is 48.5 Å². The molecule has 1 saturated heterocycles. The van der Waals surface area contributed by atoms with Crippen LogP contribution in [0.5, 0.6) is 0 Å². The number of rotatable bonds is 6. The summed E-state index contributed by atoms with van der Waals surface area (Å²) in [5.41, 5.74) is 0. The second-order valence-corrected chi connectivity index (χ2v) is 9.46. The van der Waals surface area contributed by atoms with Crippen LogP contribution in [0.1, 0.15) is 21.1 Å². The third-order valence-corrected chi connectivity index (χ3v) is 7.16. The van der Waals surface area contributed by atoms with Gasteiger partial charge in [-0.2, -0.15) is 0 Å². The number of halogens is 1. The van der Waals surface area contributed by atoms with E-state index in [1.165, 1.54) is 40.5 Å². The van der Waals surface area contributed by atoms with E-state index in [2.05, 4.69) is 5.32 Å². The maximum absolute atomic E-state index is 13.3. The zero-order valence-electron chi connectivity index (χ0n) is 17.7. The van der Waals surface area contributed by atoms with Crippen LogP contribution in [0.15, 0.2) is 74.8 Å². The van der Waals surface area contributed by atoms with Gasteiger partial charge in [-0.1, -0.05) is 0 Å². The Morgan fingerprint density at radius 3 is 1.97 bits per heavy atom. The van der Waals surface area contributed by atoms with E-state index in [-0.39, 0.29) is 48.5 Å². The Bertz CT molecular complexity index is 1260. The summed E-state index contributed by atoms with van der Waals surface area (Å²) in [5, 5.41) is 0.242. The van der Waals surface area contributed by atoms with Gasteiger partial charge in [0.2, 0.25) is 15.2 Å². The largest absolute Gasteiger partial charge is 0.459 e. The van der Waals surface area contributed by atoms with E-state index in [0.29, 0.717) is 0 Å². The maximum atomic E-state index is 13.3. The minimum Gasteiger partial charge on any atom is -0.459 e. The molecule has 0 spiro atoms. The first-order valence-corrected chi connectivity index (χ1v) is 11.8. The zero-order chi connectivity index (χ0) is 24.3. The summed E-state index contributed by atoms with van der Waals surface area (Å²) in [6.45, 7) is 0.357. The molecule has 1 fully saturated rings. The molecule has 0 aliphatic carbocycles. The quantitative estimate of drug-likeness (QED) is 0.520. The summed E-state index contributed by atoms with van der Waals surface area (Å²) in [6, 6.07) is 9.79. The molecule has 178 valence electrons. The van der Waals surface area contributed by atoms with Crippen molar-refractivity contribution in [3.63, 3.8) is 0 Å². The molecule has 1 N–H and O–H groups in total. The molecule has 0 radical (unpaired) electrons. The van der Waals surface area contributed by atoms with E-state index in [1.54, 1.807) is 6.07 Å². The fourth-order valence-electron chi connectivity index (χ4n) is 3.48. The van der Waals surface area contributed by atoms with E-state index < -0.39 is 32.8 Å². The maximum Gasteiger partial charge on any atom is 0.289 e. The molecule has 4 rings (SSSR count). The third kappa shape index (κ3) is 4.71. The van der Waals surface area contributed by atoms with Gasteiger partial charge in [-0.25, -0.2) is 12.8 Å². The van der Waals surface area contributed by atoms with Gasteiger partial charge in [0.25, 0.3) is 17.7 Å². The molecular weight excluding hydrogens is 469 g/mol. The van der Waals surface area contributed by atoms with Gasteiger partial charge in [0.15, 0.2) is 11.5 Å². The van der Waals surface area contributed by atoms with Crippen LogP contribution in [-0.4, -0.2) is 67.5 Å². The number of sulfone groups is 1. The Labute approximate surface area is 193 Å². The van der Waals surface area contributed by atoms with Crippen molar-refractivity contribution in [2.75, 3.05) is 26.2 Å². The van der Waals surface area contributed by atoms with E-state index in [4.69, 9.17) is 8.83 Å². The fourth-order valence-corrected chi connectivity index (χ4v) is 4.95. The summed E-state index contributed by atoms with van der Waals surface area (Å²) < 4.78 is 50.0. The van der Waals surface area contributed by atoms with Crippen molar-refractivity contribution in [1.82, 2.24) is 15.1 Å². The van der Waals surface area contributed by atoms with Crippen molar-refractivity contribution < 1.29 is 36.0 Å². The van der Waals surface area contributed by atoms with Crippen molar-refractivity contribution in [3.8, 4) is 0 Å². The minimum absolute atomic E-state index is 0.0390. The molecule has 34 heavy (non-hydrogen) atoms. The Kier molecular flexibility index (Phi) is 6.50. The number of carbonyl (C=O) groups is 3. The average Bonchev–Trinajstić information content (AvgIpc) is 3.57. The summed E-state index contributed by atoms with van der Waals surface area (Å²) in [5.74, 6) is -2.81. The number of hydrogen-bond donors (Lipinski definition) is 1. The van der Waals surface area contributed by atoms with Crippen molar-refractivity contribution in [2.45, 2.75) is 10.3 Å². The van der Waals surface area contributed by atoms with Crippen LogP contribution in [0, 0.1) is 5.82 Å². The highest BCUT2D eigenvalue weighted by molar-refractivity contribution is 7.92. The summed E-state index contributed by atoms with van der Waals surface area (Å²) in [6.07, 6.45) is 2.61. The second-order valence-electron chi connectivity index (χ2n) is 7.42. The molecule has 0 bridgehead atoms. The first kappa shape index (κ1) is 23.2. The first-order valence-electron chi connectivity index (χ1n) is 10.2. The summed E-state index contributed by atoms with van der Waals surface area (Å²) in [7, 11) is -4.44. The molecule has 12 heteroatoms. The molecule has 3 aromatic rings. The standard InChI is InChI=1S/C22H20FN3O7S/c23-15-5-7-16(8-6-15)34(30,31)20(24-19(27)17-3-1-13-32-17)22(29)26-11-9-25(10-12-26)21(28)18-4-2-14-33-18/h1-8,13-14,20H,9-12H2,(H,24,27). The van der Waals surface area contributed by atoms with Crippen LogP contribution >= 0.6 is 0 Å². The predicted molar refractivity (Wildman–Crippen MR) is 115 cm³/mol. The van der Waals surface area contributed by atoms with Crippen LogP contribution in [0.25, 0.3) is 0 Å². The topological polar surface area (TPSA) is 130 Å². The van der Waals surface area contributed by atoms with Crippen molar-refractivity contribution in [3.05, 3.63) is 78.4 Å². The molecule has 1 aromatic carbocycles. The van der Waals surface area contributed by atoms with E-state index in [0.717, 1.165) is 24.3 Å². The number of carbonyl (C=O) groups excluding carboxylic acids is 3. The molecule has 1 aliphatic rings. The lowest BCUT2D eigenvalue weighted by atomic mass is 10.2. The highest BCUT2D eigenvalue weighted by Gasteiger charge is 2.40. The number of nitrogens with zero attached hydrogens (tertiary/aromatic N) is 2. The molecule has 0 saturated carbocycles. The smallest absolute Gasteiger partial charge is 0.289 e. The van der Waals surface area contributed by atoms with Crippen molar-refractivity contribution >= 4 is 27.6 Å². The summed E-state index contributed by atoms with van der Waals surface area (Å²) >= 11 is 0. The lowest BCUT2D eigenvalue weighted by Crippen LogP contribution is -2.57. The summed E-state index contributed by atoms with van der Waals surface area (Å²) in [4.78, 5) is 40.7. The molecule has 1 unspecified atom stereocenters. The van der Waals surface area contributed by atoms with Crippen molar-refractivity contribution in [2.24, 2.45) is 0 Å². The van der Waals surface area contributed by atoms with Gasteiger partial charge in [0.1, 0.15) is 5.82 Å². The molecule has 2 aromatic heterocycles. The Morgan fingerprint density at radius 2 is 1.41 bits per heavy atom. The van der Waals surface area contributed by atoms with E-state index in [1.807, 2.05) is 0 Å². The number of furan rings is 2. The number of piperazine rings is 1. The van der Waals surface area contributed by atoms with Gasteiger partial charge in [0.05, 0.1) is 17.4 Å². The Balaban J connectivity index is 1.55. The van der Waals surface area contributed by atoms with Gasteiger partial charge >= 0.3 is 0 Å². The zero-order valence-corrected chi connectivity index (χ0v) is 18.5. The van der Waals surface area contributed by atoms with Crippen LogP contribution in [0.4, 0.5) is 4.39 Å². The monoisotopic (exact) mass is 489 g/mol. The first-order chi connectivity index (χ1) is 16.3. The average molecular weight is 489 g/mol. The SMILES string of the molecule is O=C(NC(C(=O)N1CCN(C(=O)c2ccco2)CC1)S(=O)(=O)c1ccc(F)cc1)c1ccco1. The molecule has 1 atom stereocenters. The Hall–Kier alpha value is -3.93. The molecule has 3 amide bonds. The van der Waals surface area contributed by atoms with Crippen LogP contribution in [0.3, 0.4) is 0 Å². The highest BCUT2D eigenvalue weighted by atomic mass is 32.2. The predicted octanol–water partition coefficient (Wildman–Crippen LogP) is 1.53. The van der Waals surface area contributed by atoms with Gasteiger partial charge < -0.3 is 24.0 Å². The van der Waals surface area contributed by atoms with Gasteiger partial charge in [-0.3, -0.25) is 14.4 Å². The number of benzene rings is 1. The normalized spacial score (nSPS) is 15.1. The third-order valence-electron chi connectivity index (χ3n) is 5.29. The number of amides is 3. The molecule has 1 aliphatic heterocycles. The van der Waals surface area contributed by atoms with E-state index >= 15 is 0 Å².